The molecule has 0 saturated carbocycles. The van der Waals surface area contributed by atoms with Crippen molar-refractivity contribution in [3.63, 3.8) is 0 Å². The molecule has 0 fully saturated rings. The van der Waals surface area contributed by atoms with E-state index < -0.39 is 10.0 Å². The minimum absolute atomic E-state index is 0.0389. The number of aromatic nitrogens is 2. The summed E-state index contributed by atoms with van der Waals surface area (Å²) in [5, 5.41) is 6.38. The first-order chi connectivity index (χ1) is 11.9. The van der Waals surface area contributed by atoms with Gasteiger partial charge < -0.3 is 4.52 Å². The zero-order valence-corrected chi connectivity index (χ0v) is 16.2. The van der Waals surface area contributed by atoms with Gasteiger partial charge in [0.15, 0.2) is 0 Å². The molecule has 0 N–H and O–H groups in total. The van der Waals surface area contributed by atoms with Gasteiger partial charge in [-0.1, -0.05) is 40.5 Å². The normalized spacial score (nSPS) is 12.0. The zero-order valence-electron chi connectivity index (χ0n) is 13.0. The SMILES string of the molecule is CN(Cc1nc(-c2cccs2)no1)S(=O)(=O)Cc1c(Cl)cccc1Cl. The van der Waals surface area contributed by atoms with Crippen LogP contribution in [-0.2, 0) is 22.3 Å². The monoisotopic (exact) mass is 417 g/mol. The molecule has 2 aromatic heterocycles. The van der Waals surface area contributed by atoms with E-state index in [0.29, 0.717) is 21.4 Å². The van der Waals surface area contributed by atoms with Crippen molar-refractivity contribution >= 4 is 44.6 Å². The van der Waals surface area contributed by atoms with Gasteiger partial charge in [-0.2, -0.15) is 9.29 Å². The molecule has 0 aliphatic rings. The number of hydrogen-bond donors (Lipinski definition) is 0. The third kappa shape index (κ3) is 4.21. The number of rotatable bonds is 6. The van der Waals surface area contributed by atoms with E-state index in [2.05, 4.69) is 10.1 Å². The van der Waals surface area contributed by atoms with Crippen molar-refractivity contribution in [1.29, 1.82) is 0 Å². The standard InChI is InChI=1S/C15H13Cl2N3O3S2/c1-20(8-14-18-15(19-23-14)13-6-3-7-24-13)25(21,22)9-10-11(16)4-2-5-12(10)17/h2-7H,8-9H2,1H3. The lowest BCUT2D eigenvalue weighted by atomic mass is 10.2. The van der Waals surface area contributed by atoms with E-state index in [4.69, 9.17) is 27.7 Å². The summed E-state index contributed by atoms with van der Waals surface area (Å²) in [7, 11) is -2.22. The lowest BCUT2D eigenvalue weighted by molar-refractivity contribution is 0.336. The van der Waals surface area contributed by atoms with E-state index in [0.717, 1.165) is 9.18 Å². The van der Waals surface area contributed by atoms with Crippen molar-refractivity contribution in [3.8, 4) is 10.7 Å². The average Bonchev–Trinajstić information content (AvgIpc) is 3.22. The maximum Gasteiger partial charge on any atom is 0.242 e. The van der Waals surface area contributed by atoms with Crippen molar-refractivity contribution in [2.24, 2.45) is 0 Å². The Hall–Kier alpha value is -1.45. The van der Waals surface area contributed by atoms with Crippen molar-refractivity contribution in [3.05, 3.63) is 57.2 Å². The molecule has 0 saturated heterocycles. The van der Waals surface area contributed by atoms with Crippen molar-refractivity contribution < 1.29 is 12.9 Å². The molecule has 0 aliphatic heterocycles. The molecule has 10 heteroatoms. The first-order valence-electron chi connectivity index (χ1n) is 7.10. The Kier molecular flexibility index (Phi) is 5.45. The van der Waals surface area contributed by atoms with Gasteiger partial charge in [0.05, 0.1) is 17.2 Å². The molecule has 132 valence electrons. The van der Waals surface area contributed by atoms with Gasteiger partial charge in [-0.15, -0.1) is 11.3 Å². The molecule has 6 nitrogen and oxygen atoms in total. The molecule has 1 aromatic carbocycles. The van der Waals surface area contributed by atoms with Crippen molar-refractivity contribution in [2.45, 2.75) is 12.3 Å². The summed E-state index contributed by atoms with van der Waals surface area (Å²) >= 11 is 13.6. The van der Waals surface area contributed by atoms with Crippen LogP contribution in [0, 0.1) is 0 Å². The average molecular weight is 418 g/mol. The van der Waals surface area contributed by atoms with Gasteiger partial charge in [0.1, 0.15) is 0 Å². The van der Waals surface area contributed by atoms with E-state index in [1.807, 2.05) is 17.5 Å². The van der Waals surface area contributed by atoms with Crippen LogP contribution in [0.15, 0.2) is 40.2 Å². The fourth-order valence-corrected chi connectivity index (χ4v) is 4.62. The van der Waals surface area contributed by atoms with Crippen LogP contribution < -0.4 is 0 Å². The van der Waals surface area contributed by atoms with E-state index >= 15 is 0 Å². The minimum atomic E-state index is -3.66. The van der Waals surface area contributed by atoms with Crippen LogP contribution in [0.4, 0.5) is 0 Å². The Bertz CT molecular complexity index is 952. The van der Waals surface area contributed by atoms with Gasteiger partial charge in [0.25, 0.3) is 0 Å². The summed E-state index contributed by atoms with van der Waals surface area (Å²) in [5.74, 6) is 0.332. The van der Waals surface area contributed by atoms with Gasteiger partial charge >= 0.3 is 0 Å². The molecule has 0 radical (unpaired) electrons. The van der Waals surface area contributed by atoms with Crippen LogP contribution >= 0.6 is 34.5 Å². The first-order valence-corrected chi connectivity index (χ1v) is 10.3. The van der Waals surface area contributed by atoms with Crippen LogP contribution in [0.3, 0.4) is 0 Å². The molecule has 3 rings (SSSR count). The Morgan fingerprint density at radius 3 is 2.56 bits per heavy atom. The highest BCUT2D eigenvalue weighted by Gasteiger charge is 2.24. The zero-order chi connectivity index (χ0) is 18.0. The van der Waals surface area contributed by atoms with Gasteiger partial charge in [0.2, 0.25) is 21.7 Å². The highest BCUT2D eigenvalue weighted by Crippen LogP contribution is 2.27. The third-order valence-electron chi connectivity index (χ3n) is 3.43. The lowest BCUT2D eigenvalue weighted by Gasteiger charge is -2.16. The molecule has 2 heterocycles. The second kappa shape index (κ2) is 7.43. The fraction of sp³-hybridized carbons (Fsp3) is 0.200. The molecule has 0 atom stereocenters. The maximum absolute atomic E-state index is 12.6. The third-order valence-corrected chi connectivity index (χ3v) is 6.74. The topological polar surface area (TPSA) is 76.3 Å². The first kappa shape index (κ1) is 18.3. The summed E-state index contributed by atoms with van der Waals surface area (Å²) in [5.41, 5.74) is 0.363. The van der Waals surface area contributed by atoms with E-state index in [9.17, 15) is 8.42 Å². The van der Waals surface area contributed by atoms with Gasteiger partial charge in [0, 0.05) is 22.7 Å². The van der Waals surface area contributed by atoms with Crippen LogP contribution in [0.25, 0.3) is 10.7 Å². The number of benzene rings is 1. The predicted molar refractivity (Wildman–Crippen MR) is 98.2 cm³/mol. The molecule has 0 unspecified atom stereocenters. The molecule has 3 aromatic rings. The van der Waals surface area contributed by atoms with Crippen LogP contribution in [0.2, 0.25) is 10.0 Å². The summed E-state index contributed by atoms with van der Waals surface area (Å²) < 4.78 is 31.4. The van der Waals surface area contributed by atoms with Gasteiger partial charge in [-0.25, -0.2) is 8.42 Å². The Morgan fingerprint density at radius 2 is 1.92 bits per heavy atom. The number of hydrogen-bond acceptors (Lipinski definition) is 6. The second-order valence-electron chi connectivity index (χ2n) is 5.20. The van der Waals surface area contributed by atoms with Crippen LogP contribution in [0.1, 0.15) is 11.5 Å². The van der Waals surface area contributed by atoms with Gasteiger partial charge in [-0.05, 0) is 23.6 Å². The Labute approximate surface area is 159 Å². The smallest absolute Gasteiger partial charge is 0.242 e. The largest absolute Gasteiger partial charge is 0.337 e. The summed E-state index contributed by atoms with van der Waals surface area (Å²) in [6.07, 6.45) is 0. The Balaban J connectivity index is 1.75. The predicted octanol–water partition coefficient (Wildman–Crippen LogP) is 4.07. The quantitative estimate of drug-likeness (QED) is 0.603. The second-order valence-corrected chi connectivity index (χ2v) is 9.04. The van der Waals surface area contributed by atoms with Gasteiger partial charge in [-0.3, -0.25) is 0 Å². The molecule has 25 heavy (non-hydrogen) atoms. The molecule has 0 bridgehead atoms. The lowest BCUT2D eigenvalue weighted by Crippen LogP contribution is -2.28. The Morgan fingerprint density at radius 1 is 1.20 bits per heavy atom. The summed E-state index contributed by atoms with van der Waals surface area (Å²) in [4.78, 5) is 5.07. The van der Waals surface area contributed by atoms with Crippen molar-refractivity contribution in [1.82, 2.24) is 14.4 Å². The molecular weight excluding hydrogens is 405 g/mol. The number of sulfonamides is 1. The van der Waals surface area contributed by atoms with Crippen molar-refractivity contribution in [2.75, 3.05) is 7.05 Å². The molecular formula is C15H13Cl2N3O3S2. The minimum Gasteiger partial charge on any atom is -0.337 e. The van der Waals surface area contributed by atoms with Crippen LogP contribution in [-0.4, -0.2) is 29.9 Å². The summed E-state index contributed by atoms with van der Waals surface area (Å²) in [6, 6.07) is 8.60. The maximum atomic E-state index is 12.6. The fourth-order valence-electron chi connectivity index (χ4n) is 2.08. The molecule has 0 spiro atoms. The highest BCUT2D eigenvalue weighted by atomic mass is 35.5. The summed E-state index contributed by atoms with van der Waals surface area (Å²) in [6.45, 7) is -0.0389. The van der Waals surface area contributed by atoms with E-state index in [1.165, 1.54) is 18.4 Å². The van der Waals surface area contributed by atoms with Crippen LogP contribution in [0.5, 0.6) is 0 Å². The van der Waals surface area contributed by atoms with E-state index in [-0.39, 0.29) is 18.2 Å². The number of nitrogens with zero attached hydrogens (tertiary/aromatic N) is 3. The molecule has 0 aliphatic carbocycles. The number of thiophene rings is 1. The molecule has 0 amide bonds. The number of halogens is 2. The highest BCUT2D eigenvalue weighted by molar-refractivity contribution is 7.88. The van der Waals surface area contributed by atoms with E-state index in [1.54, 1.807) is 18.2 Å².